The zero-order chi connectivity index (χ0) is 12.0. The van der Waals surface area contributed by atoms with Crippen molar-refractivity contribution >= 4 is 23.5 Å². The Kier molecular flexibility index (Phi) is 4.25. The molecule has 0 aliphatic heterocycles. The van der Waals surface area contributed by atoms with Gasteiger partial charge in [0.05, 0.1) is 11.4 Å². The fraction of sp³-hybridized carbons (Fsp3) is 0.500. The Morgan fingerprint density at radius 1 is 0.938 bits per heavy atom. The van der Waals surface area contributed by atoms with Gasteiger partial charge in [0, 0.05) is 0 Å². The van der Waals surface area contributed by atoms with Crippen molar-refractivity contribution < 1.29 is 9.59 Å². The second kappa shape index (κ2) is 5.69. The van der Waals surface area contributed by atoms with Crippen LogP contribution in [0.4, 0.5) is 9.59 Å². The van der Waals surface area contributed by atoms with Crippen molar-refractivity contribution in [1.29, 1.82) is 0 Å². The van der Waals surface area contributed by atoms with Crippen LogP contribution in [-0.4, -0.2) is 23.5 Å². The van der Waals surface area contributed by atoms with Crippen LogP contribution in [0, 0.1) is 0 Å². The molecule has 8 heteroatoms. The van der Waals surface area contributed by atoms with Gasteiger partial charge in [-0.2, -0.15) is 10.2 Å². The van der Waals surface area contributed by atoms with Gasteiger partial charge in [-0.3, -0.25) is 0 Å². The van der Waals surface area contributed by atoms with Crippen LogP contribution in [0.3, 0.4) is 0 Å². The van der Waals surface area contributed by atoms with Gasteiger partial charge < -0.3 is 11.5 Å². The van der Waals surface area contributed by atoms with Crippen LogP contribution in [-0.2, 0) is 0 Å². The molecule has 1 aliphatic rings. The molecule has 0 radical (unpaired) electrons. The molecule has 0 saturated heterocycles. The lowest BCUT2D eigenvalue weighted by atomic mass is 9.96. The van der Waals surface area contributed by atoms with Crippen molar-refractivity contribution in [3.63, 3.8) is 0 Å². The molecule has 1 aliphatic carbocycles. The third-order valence-corrected chi connectivity index (χ3v) is 2.01. The average Bonchev–Trinajstić information content (AvgIpc) is 2.24. The Hall–Kier alpha value is -2.12. The Bertz CT molecular complexity index is 314. The summed E-state index contributed by atoms with van der Waals surface area (Å²) in [5.74, 6) is 0. The summed E-state index contributed by atoms with van der Waals surface area (Å²) >= 11 is 0. The zero-order valence-electron chi connectivity index (χ0n) is 8.69. The normalized spacial score (nSPS) is 20.8. The van der Waals surface area contributed by atoms with E-state index < -0.39 is 12.1 Å². The molecule has 0 bridgehead atoms. The minimum absolute atomic E-state index is 0.610. The standard InChI is InChI=1S/C8H14N6O2/c9-7(15)13-11-5-3-1-2-4-6(5)12-14-8(10)16/h1-4H2,(H3,9,13,15)(H3,10,14,16). The highest BCUT2D eigenvalue weighted by molar-refractivity contribution is 6.42. The summed E-state index contributed by atoms with van der Waals surface area (Å²) in [6.45, 7) is 0. The third-order valence-electron chi connectivity index (χ3n) is 2.01. The van der Waals surface area contributed by atoms with E-state index in [4.69, 9.17) is 11.5 Å². The van der Waals surface area contributed by atoms with Crippen LogP contribution in [0.1, 0.15) is 25.7 Å². The molecule has 0 aromatic rings. The molecule has 0 unspecified atom stereocenters. The minimum atomic E-state index is -0.736. The summed E-state index contributed by atoms with van der Waals surface area (Å²) in [5.41, 5.74) is 15.3. The monoisotopic (exact) mass is 226 g/mol. The van der Waals surface area contributed by atoms with Crippen molar-refractivity contribution in [3.05, 3.63) is 0 Å². The Balaban J connectivity index is 2.70. The van der Waals surface area contributed by atoms with Crippen molar-refractivity contribution in [2.45, 2.75) is 25.7 Å². The topological polar surface area (TPSA) is 135 Å². The van der Waals surface area contributed by atoms with Crippen LogP contribution in [0.25, 0.3) is 0 Å². The van der Waals surface area contributed by atoms with Crippen molar-refractivity contribution in [2.75, 3.05) is 0 Å². The zero-order valence-corrected chi connectivity index (χ0v) is 8.69. The molecule has 4 amide bonds. The van der Waals surface area contributed by atoms with Gasteiger partial charge in [-0.25, -0.2) is 20.4 Å². The molecule has 6 N–H and O–H groups in total. The van der Waals surface area contributed by atoms with Crippen molar-refractivity contribution in [1.82, 2.24) is 10.9 Å². The Labute approximate surface area is 92.1 Å². The van der Waals surface area contributed by atoms with E-state index in [1.54, 1.807) is 0 Å². The summed E-state index contributed by atoms with van der Waals surface area (Å²) in [7, 11) is 0. The van der Waals surface area contributed by atoms with Gasteiger partial charge in [0.25, 0.3) is 0 Å². The SMILES string of the molecule is NC(=O)NN=C1CCCCC1=NNC(N)=O. The van der Waals surface area contributed by atoms with Gasteiger partial charge in [0.1, 0.15) is 0 Å². The largest absolute Gasteiger partial charge is 0.350 e. The van der Waals surface area contributed by atoms with Gasteiger partial charge in [0.15, 0.2) is 0 Å². The van der Waals surface area contributed by atoms with Gasteiger partial charge in [-0.05, 0) is 25.7 Å². The van der Waals surface area contributed by atoms with Crippen molar-refractivity contribution in [2.24, 2.45) is 21.7 Å². The fourth-order valence-corrected chi connectivity index (χ4v) is 1.36. The van der Waals surface area contributed by atoms with E-state index in [2.05, 4.69) is 21.1 Å². The molecule has 16 heavy (non-hydrogen) atoms. The molecule has 0 atom stereocenters. The van der Waals surface area contributed by atoms with E-state index >= 15 is 0 Å². The molecule has 0 aromatic heterocycles. The second-order valence-corrected chi connectivity index (χ2v) is 3.28. The number of nitrogens with zero attached hydrogens (tertiary/aromatic N) is 2. The molecular formula is C8H14N6O2. The van der Waals surface area contributed by atoms with Crippen LogP contribution >= 0.6 is 0 Å². The molecule has 1 rings (SSSR count). The number of nitrogens with one attached hydrogen (secondary N) is 2. The molecule has 0 aromatic carbocycles. The molecule has 8 nitrogen and oxygen atoms in total. The molecule has 1 fully saturated rings. The summed E-state index contributed by atoms with van der Waals surface area (Å²) in [6, 6.07) is -1.47. The first-order chi connectivity index (χ1) is 7.59. The number of carbonyl (C=O) groups is 2. The first-order valence-electron chi connectivity index (χ1n) is 4.84. The highest BCUT2D eigenvalue weighted by Crippen LogP contribution is 2.12. The number of hydrogen-bond acceptors (Lipinski definition) is 4. The Morgan fingerprint density at radius 3 is 1.62 bits per heavy atom. The highest BCUT2D eigenvalue weighted by Gasteiger charge is 2.15. The highest BCUT2D eigenvalue weighted by atomic mass is 16.2. The first kappa shape index (κ1) is 12.0. The van der Waals surface area contributed by atoms with Crippen molar-refractivity contribution in [3.8, 4) is 0 Å². The number of rotatable bonds is 2. The van der Waals surface area contributed by atoms with Gasteiger partial charge in [-0.15, -0.1) is 0 Å². The maximum absolute atomic E-state index is 10.5. The summed E-state index contributed by atoms with van der Waals surface area (Å²) in [5, 5.41) is 7.62. The van der Waals surface area contributed by atoms with Gasteiger partial charge in [0.2, 0.25) is 0 Å². The lowest BCUT2D eigenvalue weighted by molar-refractivity contribution is 0.248. The van der Waals surface area contributed by atoms with Gasteiger partial charge in [-0.1, -0.05) is 0 Å². The van der Waals surface area contributed by atoms with E-state index in [9.17, 15) is 9.59 Å². The van der Waals surface area contributed by atoms with Gasteiger partial charge >= 0.3 is 12.1 Å². The first-order valence-corrected chi connectivity index (χ1v) is 4.84. The molecule has 0 spiro atoms. The molecule has 88 valence electrons. The van der Waals surface area contributed by atoms with E-state index in [0.717, 1.165) is 12.8 Å². The fourth-order valence-electron chi connectivity index (χ4n) is 1.36. The predicted octanol–water partition coefficient (Wildman–Crippen LogP) is -0.391. The molecule has 1 saturated carbocycles. The van der Waals surface area contributed by atoms with Crippen LogP contribution in [0.5, 0.6) is 0 Å². The van der Waals surface area contributed by atoms with E-state index in [0.29, 0.717) is 24.3 Å². The predicted molar refractivity (Wildman–Crippen MR) is 58.8 cm³/mol. The number of nitrogens with two attached hydrogens (primary N) is 2. The number of urea groups is 2. The van der Waals surface area contributed by atoms with E-state index in [-0.39, 0.29) is 0 Å². The molecule has 0 heterocycles. The van der Waals surface area contributed by atoms with Crippen LogP contribution < -0.4 is 22.3 Å². The lowest BCUT2D eigenvalue weighted by Crippen LogP contribution is -2.32. The number of carbonyl (C=O) groups excluding carboxylic acids is 2. The van der Waals surface area contributed by atoms with E-state index in [1.165, 1.54) is 0 Å². The smallest absolute Gasteiger partial charge is 0.332 e. The number of primary amides is 2. The van der Waals surface area contributed by atoms with Crippen LogP contribution in [0.15, 0.2) is 10.2 Å². The van der Waals surface area contributed by atoms with Crippen LogP contribution in [0.2, 0.25) is 0 Å². The maximum Gasteiger partial charge on any atom is 0.332 e. The minimum Gasteiger partial charge on any atom is -0.350 e. The summed E-state index contributed by atoms with van der Waals surface area (Å²) < 4.78 is 0. The summed E-state index contributed by atoms with van der Waals surface area (Å²) in [6.07, 6.45) is 3.27. The maximum atomic E-state index is 10.5. The number of hydrazone groups is 2. The molecular weight excluding hydrogens is 212 g/mol. The second-order valence-electron chi connectivity index (χ2n) is 3.28. The third kappa shape index (κ3) is 3.95. The average molecular weight is 226 g/mol. The Morgan fingerprint density at radius 2 is 1.31 bits per heavy atom. The summed E-state index contributed by atoms with van der Waals surface area (Å²) in [4.78, 5) is 21.0. The number of hydrogen-bond donors (Lipinski definition) is 4. The van der Waals surface area contributed by atoms with E-state index in [1.807, 2.05) is 0 Å². The quantitative estimate of drug-likeness (QED) is 0.477. The number of amides is 4. The lowest BCUT2D eigenvalue weighted by Gasteiger charge is -2.14.